The molecule has 4 nitrogen and oxygen atoms in total. The van der Waals surface area contributed by atoms with Crippen LogP contribution < -0.4 is 4.74 Å². The number of nitrogens with zero attached hydrogens (tertiary/aromatic N) is 2. The van der Waals surface area contributed by atoms with Crippen LogP contribution in [0.25, 0.3) is 0 Å². The van der Waals surface area contributed by atoms with E-state index in [0.29, 0.717) is 17.9 Å². The van der Waals surface area contributed by atoms with Crippen LogP contribution in [0, 0.1) is 28.6 Å². The second-order valence-electron chi connectivity index (χ2n) is 3.21. The quantitative estimate of drug-likeness (QED) is 0.834. The molecule has 0 atom stereocenters. The minimum absolute atomic E-state index is 0.0138. The Balaban J connectivity index is 2.94. The van der Waals surface area contributed by atoms with Crippen LogP contribution in [-0.2, 0) is 6.42 Å². The van der Waals surface area contributed by atoms with Crippen LogP contribution in [0.3, 0.4) is 0 Å². The number of hydrogen-bond acceptors (Lipinski definition) is 4. The van der Waals surface area contributed by atoms with E-state index in [1.165, 1.54) is 0 Å². The summed E-state index contributed by atoms with van der Waals surface area (Å²) in [5.41, 5.74) is 0.555. The maximum absolute atomic E-state index is 9.82. The van der Waals surface area contributed by atoms with Gasteiger partial charge in [0.25, 0.3) is 0 Å². The maximum atomic E-state index is 9.82. The maximum Gasteiger partial charge on any atom is 0.161 e. The summed E-state index contributed by atoms with van der Waals surface area (Å²) in [5.74, 6) is -0.350. The fourth-order valence-electron chi connectivity index (χ4n) is 1.34. The van der Waals surface area contributed by atoms with E-state index in [4.69, 9.17) is 15.3 Å². The van der Waals surface area contributed by atoms with Crippen LogP contribution in [0.5, 0.6) is 11.5 Å². The number of nitriles is 2. The Kier molecular flexibility index (Phi) is 4.17. The minimum Gasteiger partial charge on any atom is -0.504 e. The number of aromatic hydroxyl groups is 1. The Bertz CT molecular complexity index is 429. The lowest BCUT2D eigenvalue weighted by atomic mass is 10.0. The van der Waals surface area contributed by atoms with Crippen LogP contribution in [0.4, 0.5) is 0 Å². The second-order valence-corrected chi connectivity index (χ2v) is 3.21. The molecule has 0 saturated carbocycles. The standard InChI is InChI=1S/C12H12N2O2/c1-2-16-11-5-3-4-10(12(11)15)6-9(7-13)8-14/h3-5,9,15H,2,6H2,1H3. The van der Waals surface area contributed by atoms with Crippen molar-refractivity contribution in [3.05, 3.63) is 23.8 Å². The third-order valence-electron chi connectivity index (χ3n) is 2.12. The van der Waals surface area contributed by atoms with Crippen molar-refractivity contribution in [1.29, 1.82) is 10.5 Å². The van der Waals surface area contributed by atoms with Gasteiger partial charge in [-0.15, -0.1) is 0 Å². The number of hydrogen-bond donors (Lipinski definition) is 1. The number of para-hydroxylation sites is 1. The third-order valence-corrected chi connectivity index (χ3v) is 2.12. The van der Waals surface area contributed by atoms with Crippen molar-refractivity contribution in [1.82, 2.24) is 0 Å². The first-order chi connectivity index (χ1) is 7.72. The highest BCUT2D eigenvalue weighted by Gasteiger charge is 2.13. The van der Waals surface area contributed by atoms with E-state index in [0.717, 1.165) is 0 Å². The highest BCUT2D eigenvalue weighted by atomic mass is 16.5. The monoisotopic (exact) mass is 216 g/mol. The molecule has 0 bridgehead atoms. The highest BCUT2D eigenvalue weighted by molar-refractivity contribution is 5.46. The van der Waals surface area contributed by atoms with Gasteiger partial charge in [-0.1, -0.05) is 12.1 Å². The molecule has 4 heteroatoms. The molecule has 0 aliphatic carbocycles. The molecule has 0 fully saturated rings. The first-order valence-corrected chi connectivity index (χ1v) is 4.95. The lowest BCUT2D eigenvalue weighted by Gasteiger charge is -2.09. The van der Waals surface area contributed by atoms with Crippen molar-refractivity contribution >= 4 is 0 Å². The normalized spacial score (nSPS) is 9.50. The molecule has 0 aliphatic heterocycles. The van der Waals surface area contributed by atoms with Gasteiger partial charge in [0.05, 0.1) is 18.7 Å². The fourth-order valence-corrected chi connectivity index (χ4v) is 1.34. The first-order valence-electron chi connectivity index (χ1n) is 4.95. The fraction of sp³-hybridized carbons (Fsp3) is 0.333. The molecule has 0 heterocycles. The van der Waals surface area contributed by atoms with Gasteiger partial charge in [-0.2, -0.15) is 10.5 Å². The predicted molar refractivity (Wildman–Crippen MR) is 57.7 cm³/mol. The molecule has 0 unspecified atom stereocenters. The zero-order valence-electron chi connectivity index (χ0n) is 8.97. The summed E-state index contributed by atoms with van der Waals surface area (Å²) in [6, 6.07) is 8.79. The van der Waals surface area contributed by atoms with E-state index in [1.54, 1.807) is 18.2 Å². The largest absolute Gasteiger partial charge is 0.504 e. The molecule has 0 saturated heterocycles. The molecule has 1 aromatic rings. The molecule has 0 spiro atoms. The Labute approximate surface area is 94.3 Å². The van der Waals surface area contributed by atoms with Crippen LogP contribution >= 0.6 is 0 Å². The number of benzene rings is 1. The van der Waals surface area contributed by atoms with Gasteiger partial charge in [0.2, 0.25) is 0 Å². The molecule has 0 aliphatic rings. The number of phenols is 1. The van der Waals surface area contributed by atoms with E-state index in [9.17, 15) is 5.11 Å². The topological polar surface area (TPSA) is 77.0 Å². The second kappa shape index (κ2) is 5.63. The summed E-state index contributed by atoms with van der Waals surface area (Å²) in [5, 5.41) is 27.1. The smallest absolute Gasteiger partial charge is 0.161 e. The average molecular weight is 216 g/mol. The van der Waals surface area contributed by atoms with Crippen molar-refractivity contribution < 1.29 is 9.84 Å². The molecule has 16 heavy (non-hydrogen) atoms. The van der Waals surface area contributed by atoms with Crippen LogP contribution in [0.15, 0.2) is 18.2 Å². The minimum atomic E-state index is -0.747. The Morgan fingerprint density at radius 2 is 2.06 bits per heavy atom. The van der Waals surface area contributed by atoms with Gasteiger partial charge in [-0.3, -0.25) is 0 Å². The summed E-state index contributed by atoms with van der Waals surface area (Å²) >= 11 is 0. The lowest BCUT2D eigenvalue weighted by molar-refractivity contribution is 0.316. The SMILES string of the molecule is CCOc1cccc(CC(C#N)C#N)c1O. The number of phenolic OH excluding ortho intramolecular Hbond substituents is 1. The summed E-state index contributed by atoms with van der Waals surface area (Å²) in [4.78, 5) is 0. The van der Waals surface area contributed by atoms with Crippen molar-refractivity contribution in [2.45, 2.75) is 13.3 Å². The first kappa shape index (κ1) is 11.9. The molecule has 0 amide bonds. The molecule has 82 valence electrons. The summed E-state index contributed by atoms with van der Waals surface area (Å²) in [6.45, 7) is 2.27. The molecule has 1 N–H and O–H groups in total. The Morgan fingerprint density at radius 1 is 1.38 bits per heavy atom. The van der Waals surface area contributed by atoms with E-state index in [1.807, 2.05) is 19.1 Å². The Morgan fingerprint density at radius 3 is 2.62 bits per heavy atom. The van der Waals surface area contributed by atoms with E-state index in [2.05, 4.69) is 0 Å². The van der Waals surface area contributed by atoms with Crippen molar-refractivity contribution in [3.63, 3.8) is 0 Å². The van der Waals surface area contributed by atoms with Crippen molar-refractivity contribution in [3.8, 4) is 23.6 Å². The summed E-state index contributed by atoms with van der Waals surface area (Å²) in [7, 11) is 0. The van der Waals surface area contributed by atoms with Crippen LogP contribution in [-0.4, -0.2) is 11.7 Å². The van der Waals surface area contributed by atoms with Gasteiger partial charge >= 0.3 is 0 Å². The molecule has 1 rings (SSSR count). The zero-order valence-corrected chi connectivity index (χ0v) is 8.97. The van der Waals surface area contributed by atoms with Crippen molar-refractivity contribution in [2.75, 3.05) is 6.61 Å². The van der Waals surface area contributed by atoms with Crippen LogP contribution in [0.2, 0.25) is 0 Å². The van der Waals surface area contributed by atoms with Gasteiger partial charge in [0.15, 0.2) is 11.5 Å². The number of rotatable bonds is 4. The molecular weight excluding hydrogens is 204 g/mol. The molecule has 0 radical (unpaired) electrons. The average Bonchev–Trinajstić information content (AvgIpc) is 2.30. The van der Waals surface area contributed by atoms with Crippen molar-refractivity contribution in [2.24, 2.45) is 5.92 Å². The van der Waals surface area contributed by atoms with Gasteiger partial charge in [-0.25, -0.2) is 0 Å². The Hall–Kier alpha value is -2.20. The third kappa shape index (κ3) is 2.65. The van der Waals surface area contributed by atoms with E-state index < -0.39 is 5.92 Å². The number of ether oxygens (including phenoxy) is 1. The molecule has 1 aromatic carbocycles. The molecular formula is C12H12N2O2. The highest BCUT2D eigenvalue weighted by Crippen LogP contribution is 2.31. The van der Waals surface area contributed by atoms with Gasteiger partial charge in [0, 0.05) is 12.0 Å². The van der Waals surface area contributed by atoms with E-state index >= 15 is 0 Å². The summed E-state index contributed by atoms with van der Waals surface area (Å²) in [6.07, 6.45) is 0.208. The van der Waals surface area contributed by atoms with Crippen LogP contribution in [0.1, 0.15) is 12.5 Å². The van der Waals surface area contributed by atoms with Gasteiger partial charge in [0.1, 0.15) is 5.92 Å². The predicted octanol–water partition coefficient (Wildman–Crippen LogP) is 2.00. The lowest BCUT2D eigenvalue weighted by Crippen LogP contribution is -2.00. The zero-order chi connectivity index (χ0) is 12.0. The van der Waals surface area contributed by atoms with E-state index in [-0.39, 0.29) is 12.2 Å². The van der Waals surface area contributed by atoms with Gasteiger partial charge in [-0.05, 0) is 13.0 Å². The molecule has 0 aromatic heterocycles. The van der Waals surface area contributed by atoms with Gasteiger partial charge < -0.3 is 9.84 Å². The summed E-state index contributed by atoms with van der Waals surface area (Å²) < 4.78 is 5.21.